The van der Waals surface area contributed by atoms with Crippen LogP contribution in [-0.2, 0) is 19.2 Å². The first-order valence-electron chi connectivity index (χ1n) is 14.0. The normalized spacial score (nSPS) is 12.7. The van der Waals surface area contributed by atoms with E-state index in [1.54, 1.807) is 6.07 Å². The summed E-state index contributed by atoms with van der Waals surface area (Å²) in [7, 11) is 0. The van der Waals surface area contributed by atoms with Gasteiger partial charge in [-0.05, 0) is 93.8 Å². The molecular weight excluding hydrogens is 548 g/mol. The Labute approximate surface area is 249 Å². The summed E-state index contributed by atoms with van der Waals surface area (Å²) in [5.41, 5.74) is -5.55. The van der Waals surface area contributed by atoms with E-state index in [4.69, 9.17) is 0 Å². The maximum absolute atomic E-state index is 13.6. The second kappa shape index (κ2) is 10.5. The van der Waals surface area contributed by atoms with Crippen LogP contribution in [0.15, 0.2) is 54.6 Å². The number of hydrogen-bond donors (Lipinski definition) is 5. The molecule has 0 saturated carbocycles. The fourth-order valence-corrected chi connectivity index (χ4v) is 4.83. The van der Waals surface area contributed by atoms with Gasteiger partial charge in [-0.1, -0.05) is 48.5 Å². The smallest absolute Gasteiger partial charge is 0.328 e. The average Bonchev–Trinajstić information content (AvgIpc) is 2.90. The van der Waals surface area contributed by atoms with Crippen LogP contribution in [0.4, 0.5) is 0 Å². The molecule has 0 aromatic heterocycles. The second-order valence-corrected chi connectivity index (χ2v) is 13.1. The van der Waals surface area contributed by atoms with Gasteiger partial charge in [0.15, 0.2) is 0 Å². The Balaban J connectivity index is 1.50. The van der Waals surface area contributed by atoms with Gasteiger partial charge in [-0.25, -0.2) is 4.79 Å². The summed E-state index contributed by atoms with van der Waals surface area (Å²) in [6.45, 7) is 11.5. The lowest BCUT2D eigenvalue weighted by molar-refractivity contribution is -0.147. The van der Waals surface area contributed by atoms with Crippen LogP contribution in [0.5, 0.6) is 0 Å². The van der Waals surface area contributed by atoms with E-state index < -0.39 is 51.8 Å². The third kappa shape index (κ3) is 5.95. The van der Waals surface area contributed by atoms with Crippen LogP contribution >= 0.6 is 0 Å². The quantitative estimate of drug-likeness (QED) is 0.188. The van der Waals surface area contributed by atoms with E-state index in [0.29, 0.717) is 5.56 Å². The Morgan fingerprint density at radius 3 is 1.40 bits per heavy atom. The minimum absolute atomic E-state index is 0.417. The predicted octanol–water partition coefficient (Wildman–Crippen LogP) is 3.86. The molecule has 0 saturated heterocycles. The van der Waals surface area contributed by atoms with Crippen LogP contribution in [0.1, 0.15) is 65.7 Å². The molecule has 0 aliphatic carbocycles. The topological polar surface area (TPSA) is 154 Å². The molecule has 4 aromatic carbocycles. The SMILES string of the molecule is CC(C)(NC(=O)C(C)(C)NC(=O)C(C)(C)NC(=O)C(C)(C)NC(=O)c1ccc2ccc3cccc4ccc1c2c34)C(=O)O. The Kier molecular flexibility index (Phi) is 7.64. The zero-order valence-electron chi connectivity index (χ0n) is 25.7. The highest BCUT2D eigenvalue weighted by Crippen LogP contribution is 2.36. The van der Waals surface area contributed by atoms with Crippen molar-refractivity contribution in [2.45, 2.75) is 77.5 Å². The van der Waals surface area contributed by atoms with Gasteiger partial charge in [-0.3, -0.25) is 19.2 Å². The molecular formula is C33H38N4O6. The molecule has 0 bridgehead atoms. The Hall–Kier alpha value is -4.73. The van der Waals surface area contributed by atoms with Gasteiger partial charge in [-0.2, -0.15) is 0 Å². The number of carboxylic acids is 1. The van der Waals surface area contributed by atoms with E-state index in [9.17, 15) is 29.1 Å². The zero-order chi connectivity index (χ0) is 32.1. The Morgan fingerprint density at radius 2 is 0.907 bits per heavy atom. The molecule has 0 spiro atoms. The lowest BCUT2D eigenvalue weighted by Crippen LogP contribution is -2.67. The minimum atomic E-state index is -1.56. The van der Waals surface area contributed by atoms with E-state index >= 15 is 0 Å². The molecule has 0 unspecified atom stereocenters. The van der Waals surface area contributed by atoms with E-state index in [0.717, 1.165) is 32.3 Å². The maximum atomic E-state index is 13.6. The van der Waals surface area contributed by atoms with Crippen LogP contribution in [-0.4, -0.2) is 56.9 Å². The summed E-state index contributed by atoms with van der Waals surface area (Å²) in [6, 6.07) is 17.6. The number of carbonyl (C=O) groups excluding carboxylic acids is 4. The van der Waals surface area contributed by atoms with E-state index in [2.05, 4.69) is 27.3 Å². The first-order chi connectivity index (χ1) is 19.8. The van der Waals surface area contributed by atoms with Crippen molar-refractivity contribution >= 4 is 61.9 Å². The molecule has 0 atom stereocenters. The molecule has 4 rings (SSSR count). The lowest BCUT2D eigenvalue weighted by Gasteiger charge is -2.35. The molecule has 0 radical (unpaired) electrons. The predicted molar refractivity (Wildman–Crippen MR) is 166 cm³/mol. The fraction of sp³-hybridized carbons (Fsp3) is 0.364. The number of hydrogen-bond acceptors (Lipinski definition) is 5. The number of benzene rings is 4. The van der Waals surface area contributed by atoms with E-state index in [1.807, 2.05) is 42.5 Å². The zero-order valence-corrected chi connectivity index (χ0v) is 25.7. The molecule has 43 heavy (non-hydrogen) atoms. The third-order valence-corrected chi connectivity index (χ3v) is 7.72. The molecule has 5 N–H and O–H groups in total. The summed E-state index contributed by atoms with van der Waals surface area (Å²) in [6.07, 6.45) is 0. The van der Waals surface area contributed by atoms with Crippen LogP contribution in [0.25, 0.3) is 32.3 Å². The minimum Gasteiger partial charge on any atom is -0.480 e. The van der Waals surface area contributed by atoms with Gasteiger partial charge in [0.2, 0.25) is 17.7 Å². The van der Waals surface area contributed by atoms with Crippen LogP contribution in [0.3, 0.4) is 0 Å². The van der Waals surface area contributed by atoms with Gasteiger partial charge >= 0.3 is 5.97 Å². The van der Waals surface area contributed by atoms with Gasteiger partial charge in [0.05, 0.1) is 0 Å². The first-order valence-corrected chi connectivity index (χ1v) is 14.0. The molecule has 0 fully saturated rings. The lowest BCUT2D eigenvalue weighted by atomic mass is 9.91. The second-order valence-electron chi connectivity index (χ2n) is 13.1. The Bertz CT molecular complexity index is 1770. The van der Waals surface area contributed by atoms with Gasteiger partial charge in [0, 0.05) is 5.56 Å². The molecule has 4 aromatic rings. The average molecular weight is 587 g/mol. The highest BCUT2D eigenvalue weighted by molar-refractivity contribution is 6.26. The van der Waals surface area contributed by atoms with Gasteiger partial charge in [-0.15, -0.1) is 0 Å². The molecule has 0 aliphatic heterocycles. The largest absolute Gasteiger partial charge is 0.480 e. The molecule has 0 heterocycles. The van der Waals surface area contributed by atoms with Crippen molar-refractivity contribution in [1.82, 2.24) is 21.3 Å². The standard InChI is InChI=1S/C33H38N4O6/c1-30(2,26(39)35-31(3,4)27(40)36-32(5,6)28(41)37-33(7,8)29(42)43)34-25(38)22-17-15-20-13-12-18-10-9-11-19-14-16-21(22)24(20)23(18)19/h9-17H,1-8H3,(H,34,38)(H,35,39)(H,36,40)(H,37,41)(H,42,43). The highest BCUT2D eigenvalue weighted by atomic mass is 16.4. The monoisotopic (exact) mass is 586 g/mol. The van der Waals surface area contributed by atoms with Crippen molar-refractivity contribution in [1.29, 1.82) is 0 Å². The van der Waals surface area contributed by atoms with Crippen LogP contribution in [0.2, 0.25) is 0 Å². The summed E-state index contributed by atoms with van der Waals surface area (Å²) in [5, 5.41) is 25.7. The van der Waals surface area contributed by atoms with Crippen LogP contribution in [0, 0.1) is 0 Å². The number of aliphatic carboxylic acids is 1. The number of carboxylic acid groups (broad SMARTS) is 1. The van der Waals surface area contributed by atoms with E-state index in [-0.39, 0.29) is 0 Å². The van der Waals surface area contributed by atoms with Crippen molar-refractivity contribution in [3.8, 4) is 0 Å². The number of carbonyl (C=O) groups is 5. The highest BCUT2D eigenvalue weighted by Gasteiger charge is 2.42. The van der Waals surface area contributed by atoms with Crippen molar-refractivity contribution in [3.63, 3.8) is 0 Å². The summed E-state index contributed by atoms with van der Waals surface area (Å²) in [4.78, 5) is 64.4. The fourth-order valence-electron chi connectivity index (χ4n) is 4.83. The van der Waals surface area contributed by atoms with Crippen molar-refractivity contribution in [3.05, 3.63) is 60.2 Å². The number of amides is 4. The maximum Gasteiger partial charge on any atom is 0.328 e. The summed E-state index contributed by atoms with van der Waals surface area (Å²) < 4.78 is 0. The van der Waals surface area contributed by atoms with Gasteiger partial charge in [0.25, 0.3) is 5.91 Å². The number of nitrogens with one attached hydrogen (secondary N) is 4. The van der Waals surface area contributed by atoms with Crippen molar-refractivity contribution < 1.29 is 29.1 Å². The van der Waals surface area contributed by atoms with Crippen LogP contribution < -0.4 is 21.3 Å². The summed E-state index contributed by atoms with van der Waals surface area (Å²) >= 11 is 0. The van der Waals surface area contributed by atoms with Crippen molar-refractivity contribution in [2.75, 3.05) is 0 Å². The molecule has 10 heteroatoms. The molecule has 226 valence electrons. The third-order valence-electron chi connectivity index (χ3n) is 7.72. The molecule has 0 aliphatic rings. The number of rotatable bonds is 9. The first kappa shape index (κ1) is 31.2. The Morgan fingerprint density at radius 1 is 0.512 bits per heavy atom. The van der Waals surface area contributed by atoms with Gasteiger partial charge in [0.1, 0.15) is 22.2 Å². The summed E-state index contributed by atoms with van der Waals surface area (Å²) in [5.74, 6) is -3.69. The molecule has 4 amide bonds. The van der Waals surface area contributed by atoms with Gasteiger partial charge < -0.3 is 26.4 Å². The van der Waals surface area contributed by atoms with Crippen molar-refractivity contribution in [2.24, 2.45) is 0 Å². The molecule has 10 nitrogen and oxygen atoms in total. The van der Waals surface area contributed by atoms with E-state index in [1.165, 1.54) is 55.4 Å².